The van der Waals surface area contributed by atoms with E-state index in [0.29, 0.717) is 19.5 Å². The number of likely N-dealkylation sites (tertiary alicyclic amines) is 2. The summed E-state index contributed by atoms with van der Waals surface area (Å²) in [6, 6.07) is 11.8. The number of nitrogens with zero attached hydrogens (tertiary/aromatic N) is 3. The van der Waals surface area contributed by atoms with Crippen LogP contribution in [0.2, 0.25) is 0 Å². The van der Waals surface area contributed by atoms with Crippen LogP contribution in [0.4, 0.5) is 0 Å². The Morgan fingerprint density at radius 2 is 2.04 bits per heavy atom. The molecule has 2 aromatic rings. The van der Waals surface area contributed by atoms with Gasteiger partial charge in [-0.1, -0.05) is 35.5 Å². The first-order valence-corrected chi connectivity index (χ1v) is 8.63. The van der Waals surface area contributed by atoms with Crippen molar-refractivity contribution in [2.45, 2.75) is 30.7 Å². The third-order valence-electron chi connectivity index (χ3n) is 5.73. The molecule has 1 aromatic heterocycles. The van der Waals surface area contributed by atoms with Crippen molar-refractivity contribution in [3.8, 4) is 0 Å². The number of likely N-dealkylation sites (N-methyl/N-ethyl adjacent to an activating group) is 1. The number of fused-ring (bicyclic) bond motifs is 1. The van der Waals surface area contributed by atoms with Crippen LogP contribution in [0.25, 0.3) is 0 Å². The van der Waals surface area contributed by atoms with Crippen LogP contribution in [0, 0.1) is 0 Å². The smallest absolute Gasteiger partial charge is 0.292 e. The van der Waals surface area contributed by atoms with Crippen LogP contribution >= 0.6 is 0 Å². The normalized spacial score (nSPS) is 26.4. The number of carbonyl (C=O) groups excluding carboxylic acids is 2. The minimum atomic E-state index is -0.197. The van der Waals surface area contributed by atoms with Gasteiger partial charge in [0, 0.05) is 38.0 Å². The number of hydrogen-bond acceptors (Lipinski definition) is 4. The molecular weight excluding hydrogens is 318 g/mol. The lowest BCUT2D eigenvalue weighted by Crippen LogP contribution is -2.49. The average molecular weight is 339 g/mol. The zero-order valence-corrected chi connectivity index (χ0v) is 14.2. The summed E-state index contributed by atoms with van der Waals surface area (Å²) in [5.74, 6) is 0.238. The molecule has 2 aliphatic heterocycles. The second-order valence-electron chi connectivity index (χ2n) is 6.94. The maximum Gasteiger partial charge on any atom is 0.292 e. The van der Waals surface area contributed by atoms with Crippen molar-refractivity contribution in [3.05, 3.63) is 53.9 Å². The Balaban J connectivity index is 1.76. The van der Waals surface area contributed by atoms with Crippen LogP contribution < -0.4 is 0 Å². The van der Waals surface area contributed by atoms with Gasteiger partial charge in [0.05, 0.1) is 12.2 Å². The zero-order valence-electron chi connectivity index (χ0n) is 14.2. The molecule has 1 aromatic carbocycles. The van der Waals surface area contributed by atoms with E-state index in [9.17, 15) is 9.59 Å². The average Bonchev–Trinajstić information content (AvgIpc) is 3.27. The van der Waals surface area contributed by atoms with Crippen molar-refractivity contribution >= 4 is 11.8 Å². The molecule has 2 atom stereocenters. The minimum Gasteiger partial charge on any atom is -0.351 e. The highest BCUT2D eigenvalue weighted by Gasteiger charge is 2.52. The molecule has 2 aliphatic rings. The first-order chi connectivity index (χ1) is 12.1. The van der Waals surface area contributed by atoms with Gasteiger partial charge in [-0.2, -0.15) is 0 Å². The molecule has 2 amide bonds. The number of amides is 2. The Morgan fingerprint density at radius 3 is 2.76 bits per heavy atom. The molecule has 0 aliphatic carbocycles. The van der Waals surface area contributed by atoms with Gasteiger partial charge in [0.1, 0.15) is 0 Å². The molecular formula is C19H21N3O3. The van der Waals surface area contributed by atoms with Gasteiger partial charge >= 0.3 is 0 Å². The predicted molar refractivity (Wildman–Crippen MR) is 90.9 cm³/mol. The molecule has 4 rings (SSSR count). The van der Waals surface area contributed by atoms with Gasteiger partial charge < -0.3 is 14.3 Å². The lowest BCUT2D eigenvalue weighted by molar-refractivity contribution is -0.129. The van der Waals surface area contributed by atoms with Gasteiger partial charge in [-0.15, -0.1) is 0 Å². The Kier molecular flexibility index (Phi) is 3.82. The Morgan fingerprint density at radius 1 is 1.24 bits per heavy atom. The fourth-order valence-electron chi connectivity index (χ4n) is 4.35. The monoisotopic (exact) mass is 339 g/mol. The van der Waals surface area contributed by atoms with Crippen molar-refractivity contribution < 1.29 is 14.1 Å². The molecule has 2 saturated heterocycles. The number of carbonyl (C=O) groups is 2. The molecule has 3 heterocycles. The summed E-state index contributed by atoms with van der Waals surface area (Å²) < 4.78 is 5.08. The summed E-state index contributed by atoms with van der Waals surface area (Å²) in [7, 11) is 1.82. The van der Waals surface area contributed by atoms with E-state index in [-0.39, 0.29) is 29.0 Å². The Hall–Kier alpha value is -2.63. The van der Waals surface area contributed by atoms with E-state index >= 15 is 0 Å². The van der Waals surface area contributed by atoms with E-state index in [1.165, 1.54) is 11.8 Å². The molecule has 0 saturated carbocycles. The van der Waals surface area contributed by atoms with Crippen LogP contribution in [0.15, 0.2) is 47.1 Å². The first kappa shape index (κ1) is 15.9. The van der Waals surface area contributed by atoms with Crippen molar-refractivity contribution in [2.75, 3.05) is 20.1 Å². The van der Waals surface area contributed by atoms with Crippen LogP contribution in [0.1, 0.15) is 35.4 Å². The maximum atomic E-state index is 12.9. The van der Waals surface area contributed by atoms with Crippen molar-refractivity contribution in [3.63, 3.8) is 0 Å². The van der Waals surface area contributed by atoms with Gasteiger partial charge in [-0.25, -0.2) is 0 Å². The fourth-order valence-corrected chi connectivity index (χ4v) is 4.35. The zero-order chi connectivity index (χ0) is 17.4. The lowest BCUT2D eigenvalue weighted by Gasteiger charge is -2.37. The number of aromatic nitrogens is 1. The van der Waals surface area contributed by atoms with E-state index < -0.39 is 0 Å². The first-order valence-electron chi connectivity index (χ1n) is 8.63. The summed E-state index contributed by atoms with van der Waals surface area (Å²) in [5, 5.41) is 3.65. The predicted octanol–water partition coefficient (Wildman–Crippen LogP) is 2.08. The molecule has 0 bridgehead atoms. The van der Waals surface area contributed by atoms with E-state index in [0.717, 1.165) is 12.8 Å². The lowest BCUT2D eigenvalue weighted by atomic mass is 9.71. The van der Waals surface area contributed by atoms with Gasteiger partial charge in [-0.3, -0.25) is 9.59 Å². The standard InChI is InChI=1S/C19H21N3O3/c1-21-13-16-19(9-7-17(21)23,14-5-3-2-4-6-14)10-12-22(16)18(24)15-8-11-20-25-15/h2-6,8,11,16H,7,9-10,12-13H2,1H3. The van der Waals surface area contributed by atoms with Crippen LogP contribution in [-0.2, 0) is 10.2 Å². The number of rotatable bonds is 2. The molecule has 0 N–H and O–H groups in total. The maximum absolute atomic E-state index is 12.9. The second kappa shape index (κ2) is 6.02. The highest BCUT2D eigenvalue weighted by atomic mass is 16.5. The molecule has 6 nitrogen and oxygen atoms in total. The van der Waals surface area contributed by atoms with E-state index in [1.807, 2.05) is 30.1 Å². The van der Waals surface area contributed by atoms with E-state index in [1.54, 1.807) is 11.0 Å². The van der Waals surface area contributed by atoms with Gasteiger partial charge in [0.15, 0.2) is 0 Å². The quantitative estimate of drug-likeness (QED) is 0.840. The summed E-state index contributed by atoms with van der Waals surface area (Å²) in [4.78, 5) is 28.9. The minimum absolute atomic E-state index is 0.0658. The summed E-state index contributed by atoms with van der Waals surface area (Å²) in [5.41, 5.74) is 1.01. The second-order valence-corrected chi connectivity index (χ2v) is 6.94. The molecule has 2 unspecified atom stereocenters. The summed E-state index contributed by atoms with van der Waals surface area (Å²) in [6.07, 6.45) is 3.59. The Bertz CT molecular complexity index is 774. The van der Waals surface area contributed by atoms with Gasteiger partial charge in [0.25, 0.3) is 5.91 Å². The molecule has 2 fully saturated rings. The molecule has 0 spiro atoms. The van der Waals surface area contributed by atoms with Crippen LogP contribution in [-0.4, -0.2) is 52.9 Å². The number of benzene rings is 1. The van der Waals surface area contributed by atoms with Crippen LogP contribution in [0.3, 0.4) is 0 Å². The van der Waals surface area contributed by atoms with Crippen LogP contribution in [0.5, 0.6) is 0 Å². The molecule has 25 heavy (non-hydrogen) atoms. The third kappa shape index (κ3) is 2.52. The van der Waals surface area contributed by atoms with E-state index in [2.05, 4.69) is 17.3 Å². The topological polar surface area (TPSA) is 66.7 Å². The third-order valence-corrected chi connectivity index (χ3v) is 5.73. The summed E-state index contributed by atoms with van der Waals surface area (Å²) in [6.45, 7) is 1.19. The molecule has 0 radical (unpaired) electrons. The van der Waals surface area contributed by atoms with Crippen molar-refractivity contribution in [2.24, 2.45) is 0 Å². The number of hydrogen-bond donors (Lipinski definition) is 0. The van der Waals surface area contributed by atoms with Gasteiger partial charge in [0.2, 0.25) is 11.7 Å². The summed E-state index contributed by atoms with van der Waals surface area (Å²) >= 11 is 0. The SMILES string of the molecule is CN1CC2N(C(=O)c3ccno3)CCC2(c2ccccc2)CCC1=O. The largest absolute Gasteiger partial charge is 0.351 e. The Labute approximate surface area is 146 Å². The highest BCUT2D eigenvalue weighted by Crippen LogP contribution is 2.46. The highest BCUT2D eigenvalue weighted by molar-refractivity contribution is 5.92. The van der Waals surface area contributed by atoms with Gasteiger partial charge in [-0.05, 0) is 18.4 Å². The fraction of sp³-hybridized carbons (Fsp3) is 0.421. The molecule has 6 heteroatoms. The molecule has 130 valence electrons. The van der Waals surface area contributed by atoms with Crippen molar-refractivity contribution in [1.29, 1.82) is 0 Å². The van der Waals surface area contributed by atoms with E-state index in [4.69, 9.17) is 4.52 Å². The van der Waals surface area contributed by atoms with Crippen molar-refractivity contribution in [1.82, 2.24) is 15.0 Å².